The molecule has 0 bridgehead atoms. The van der Waals surface area contributed by atoms with Crippen LogP contribution in [-0.2, 0) is 4.74 Å². The fourth-order valence-electron chi connectivity index (χ4n) is 9.13. The summed E-state index contributed by atoms with van der Waals surface area (Å²) in [4.78, 5) is 0. The van der Waals surface area contributed by atoms with Gasteiger partial charge in [-0.05, 0) is 97.7 Å². The largest absolute Gasteiger partial charge is 0.387 e. The zero-order valence-corrected chi connectivity index (χ0v) is 21.4. The number of hydrogen-bond acceptors (Lipinski definition) is 2. The van der Waals surface area contributed by atoms with Crippen molar-refractivity contribution in [2.75, 3.05) is 13.7 Å². The maximum absolute atomic E-state index is 11.0. The molecule has 0 aliphatic heterocycles. The lowest BCUT2D eigenvalue weighted by Gasteiger charge is -2.59. The second kappa shape index (κ2) is 8.79. The van der Waals surface area contributed by atoms with Crippen LogP contribution in [0.3, 0.4) is 0 Å². The molecule has 2 heteroatoms. The molecule has 3 fully saturated rings. The number of allylic oxidation sites excluding steroid dienone is 1. The zero-order valence-electron chi connectivity index (χ0n) is 21.4. The third-order valence-electron chi connectivity index (χ3n) is 10.9. The van der Waals surface area contributed by atoms with Crippen LogP contribution in [0.1, 0.15) is 105 Å². The SMILES string of the molecule is COC[C@]1(O)CC[C@@]2(C)C(=CC[C@H]3[C@@H]4CC[C@H]([C@H](C)CCCC(C)C)[C@@]4(C)CC[C@@H]32)C1. The predicted molar refractivity (Wildman–Crippen MR) is 130 cm³/mol. The Kier molecular flexibility index (Phi) is 6.75. The molecule has 0 amide bonds. The van der Waals surface area contributed by atoms with Gasteiger partial charge in [-0.25, -0.2) is 0 Å². The van der Waals surface area contributed by atoms with Gasteiger partial charge in [-0.15, -0.1) is 0 Å². The molecule has 0 aromatic carbocycles. The summed E-state index contributed by atoms with van der Waals surface area (Å²) in [6, 6.07) is 0. The zero-order chi connectivity index (χ0) is 22.4. The van der Waals surface area contributed by atoms with Crippen LogP contribution < -0.4 is 0 Å². The van der Waals surface area contributed by atoms with Crippen LogP contribution in [0.4, 0.5) is 0 Å². The molecular formula is C29H50O2. The highest BCUT2D eigenvalue weighted by atomic mass is 16.5. The first-order valence-corrected chi connectivity index (χ1v) is 13.5. The minimum absolute atomic E-state index is 0.311. The minimum Gasteiger partial charge on any atom is -0.387 e. The van der Waals surface area contributed by atoms with Crippen LogP contribution in [0, 0.1) is 46.3 Å². The standard InChI is InChI=1S/C29H50O2/c1-20(2)8-7-9-21(3)24-12-13-25-23-11-10-22-18-29(30,19-31-6)17-16-27(22,4)26(23)14-15-28(24,25)5/h10,20-21,23-26,30H,7-9,11-19H2,1-6H3/t21-,23+,24-,25+,26+,27+,28-,29+/m1/s1. The van der Waals surface area contributed by atoms with E-state index in [1.54, 1.807) is 12.7 Å². The van der Waals surface area contributed by atoms with E-state index in [1.807, 2.05) is 0 Å². The van der Waals surface area contributed by atoms with E-state index >= 15 is 0 Å². The second-order valence-corrected chi connectivity index (χ2v) is 13.1. The molecule has 1 N–H and O–H groups in total. The van der Waals surface area contributed by atoms with Crippen molar-refractivity contribution in [2.24, 2.45) is 46.3 Å². The van der Waals surface area contributed by atoms with Crippen LogP contribution in [-0.4, -0.2) is 24.4 Å². The van der Waals surface area contributed by atoms with E-state index < -0.39 is 5.60 Å². The van der Waals surface area contributed by atoms with Gasteiger partial charge in [-0.2, -0.15) is 0 Å². The lowest BCUT2D eigenvalue weighted by atomic mass is 9.46. The Morgan fingerprint density at radius 2 is 1.81 bits per heavy atom. The van der Waals surface area contributed by atoms with Gasteiger partial charge in [-0.1, -0.05) is 65.5 Å². The maximum atomic E-state index is 11.0. The highest BCUT2D eigenvalue weighted by molar-refractivity contribution is 5.27. The predicted octanol–water partition coefficient (Wildman–Crippen LogP) is 7.41. The Labute approximate surface area is 192 Å². The number of rotatable bonds is 7. The summed E-state index contributed by atoms with van der Waals surface area (Å²) in [6.45, 7) is 13.0. The first-order valence-electron chi connectivity index (χ1n) is 13.5. The summed E-state index contributed by atoms with van der Waals surface area (Å²) >= 11 is 0. The summed E-state index contributed by atoms with van der Waals surface area (Å²) in [5.41, 5.74) is 1.79. The molecule has 3 saturated carbocycles. The van der Waals surface area contributed by atoms with Crippen molar-refractivity contribution in [3.63, 3.8) is 0 Å². The monoisotopic (exact) mass is 430 g/mol. The molecule has 0 aromatic heterocycles. The average molecular weight is 431 g/mol. The van der Waals surface area contributed by atoms with Crippen molar-refractivity contribution in [3.8, 4) is 0 Å². The summed E-state index contributed by atoms with van der Waals surface area (Å²) < 4.78 is 5.37. The minimum atomic E-state index is -0.639. The first kappa shape index (κ1) is 23.8. The van der Waals surface area contributed by atoms with Crippen LogP contribution in [0.15, 0.2) is 11.6 Å². The summed E-state index contributed by atoms with van der Waals surface area (Å²) in [6.07, 6.45) is 16.7. The van der Waals surface area contributed by atoms with E-state index in [0.717, 1.165) is 54.8 Å². The molecule has 0 heterocycles. The number of methoxy groups -OCH3 is 1. The Morgan fingerprint density at radius 1 is 1.03 bits per heavy atom. The van der Waals surface area contributed by atoms with Crippen molar-refractivity contribution < 1.29 is 9.84 Å². The first-order chi connectivity index (χ1) is 14.6. The van der Waals surface area contributed by atoms with Crippen molar-refractivity contribution in [2.45, 2.75) is 111 Å². The van der Waals surface area contributed by atoms with Crippen molar-refractivity contribution in [1.82, 2.24) is 0 Å². The Bertz CT molecular complexity index is 668. The summed E-state index contributed by atoms with van der Waals surface area (Å²) in [7, 11) is 1.72. The summed E-state index contributed by atoms with van der Waals surface area (Å²) in [5.74, 6) is 5.27. The van der Waals surface area contributed by atoms with Gasteiger partial charge < -0.3 is 9.84 Å². The fraction of sp³-hybridized carbons (Fsp3) is 0.931. The van der Waals surface area contributed by atoms with Crippen molar-refractivity contribution in [1.29, 1.82) is 0 Å². The fourth-order valence-corrected chi connectivity index (χ4v) is 9.13. The molecule has 0 aromatic rings. The molecule has 0 unspecified atom stereocenters. The third kappa shape index (κ3) is 4.18. The highest BCUT2D eigenvalue weighted by Gasteiger charge is 2.59. The van der Waals surface area contributed by atoms with E-state index in [4.69, 9.17) is 4.74 Å². The average Bonchev–Trinajstić information content (AvgIpc) is 3.06. The molecule has 4 rings (SSSR count). The molecule has 4 aliphatic rings. The normalized spacial score (nSPS) is 45.6. The maximum Gasteiger partial charge on any atom is 0.0917 e. The lowest BCUT2D eigenvalue weighted by Crippen LogP contribution is -2.53. The smallest absolute Gasteiger partial charge is 0.0917 e. The molecule has 31 heavy (non-hydrogen) atoms. The number of hydrogen-bond donors (Lipinski definition) is 1. The number of fused-ring (bicyclic) bond motifs is 5. The van der Waals surface area contributed by atoms with Crippen molar-refractivity contribution in [3.05, 3.63) is 11.6 Å². The molecule has 2 nitrogen and oxygen atoms in total. The van der Waals surface area contributed by atoms with Crippen LogP contribution in [0.2, 0.25) is 0 Å². The second-order valence-electron chi connectivity index (χ2n) is 13.1. The van der Waals surface area contributed by atoms with E-state index in [2.05, 4.69) is 40.7 Å². The Balaban J connectivity index is 1.49. The van der Waals surface area contributed by atoms with Crippen LogP contribution >= 0.6 is 0 Å². The van der Waals surface area contributed by atoms with Gasteiger partial charge in [0.2, 0.25) is 0 Å². The molecule has 0 spiro atoms. The van der Waals surface area contributed by atoms with E-state index in [9.17, 15) is 5.11 Å². The van der Waals surface area contributed by atoms with E-state index in [1.165, 1.54) is 51.4 Å². The van der Waals surface area contributed by atoms with E-state index in [-0.39, 0.29) is 0 Å². The molecule has 0 radical (unpaired) electrons. The van der Waals surface area contributed by atoms with Crippen LogP contribution in [0.5, 0.6) is 0 Å². The summed E-state index contributed by atoms with van der Waals surface area (Å²) in [5, 5.41) is 11.0. The van der Waals surface area contributed by atoms with Gasteiger partial charge in [-0.3, -0.25) is 0 Å². The van der Waals surface area contributed by atoms with Gasteiger partial charge in [0.05, 0.1) is 12.2 Å². The Hall–Kier alpha value is -0.340. The molecule has 178 valence electrons. The molecule has 0 saturated heterocycles. The molecule has 8 atom stereocenters. The van der Waals surface area contributed by atoms with Gasteiger partial charge in [0.15, 0.2) is 0 Å². The quantitative estimate of drug-likeness (QED) is 0.426. The topological polar surface area (TPSA) is 29.5 Å². The molecular weight excluding hydrogens is 380 g/mol. The van der Waals surface area contributed by atoms with Gasteiger partial charge in [0.25, 0.3) is 0 Å². The Morgan fingerprint density at radius 3 is 2.52 bits per heavy atom. The van der Waals surface area contributed by atoms with Gasteiger partial charge in [0, 0.05) is 7.11 Å². The van der Waals surface area contributed by atoms with Gasteiger partial charge in [0.1, 0.15) is 0 Å². The van der Waals surface area contributed by atoms with Crippen molar-refractivity contribution >= 4 is 0 Å². The van der Waals surface area contributed by atoms with E-state index in [0.29, 0.717) is 17.4 Å². The number of ether oxygens (including phenoxy) is 1. The van der Waals surface area contributed by atoms with Crippen LogP contribution in [0.25, 0.3) is 0 Å². The lowest BCUT2D eigenvalue weighted by molar-refractivity contribution is -0.0932. The number of aliphatic hydroxyl groups is 1. The van der Waals surface area contributed by atoms with Gasteiger partial charge >= 0.3 is 0 Å². The third-order valence-corrected chi connectivity index (χ3v) is 10.9. The molecule has 4 aliphatic carbocycles. The highest BCUT2D eigenvalue weighted by Crippen LogP contribution is 2.67.